The van der Waals surface area contributed by atoms with Crippen LogP contribution in [-0.4, -0.2) is 39.1 Å². The molecular weight excluding hydrogens is 252 g/mol. The van der Waals surface area contributed by atoms with Crippen molar-refractivity contribution < 1.29 is 5.11 Å². The Kier molecular flexibility index (Phi) is 5.10. The maximum Gasteiger partial charge on any atom is 0.137 e. The molecule has 0 saturated heterocycles. The fourth-order valence-corrected chi connectivity index (χ4v) is 2.24. The van der Waals surface area contributed by atoms with Gasteiger partial charge in [0, 0.05) is 19.3 Å². The lowest BCUT2D eigenvalue weighted by atomic mass is 10.3. The molecular formula is C15H20N4O. The summed E-state index contributed by atoms with van der Waals surface area (Å²) < 4.78 is 1.95. The number of imidazole rings is 1. The highest BCUT2D eigenvalue weighted by molar-refractivity contribution is 5.44. The van der Waals surface area contributed by atoms with Crippen molar-refractivity contribution in [2.45, 2.75) is 26.3 Å². The number of hydrogen-bond donors (Lipinski definition) is 1. The van der Waals surface area contributed by atoms with Gasteiger partial charge in [-0.1, -0.05) is 13.3 Å². The van der Waals surface area contributed by atoms with Gasteiger partial charge in [-0.05, 0) is 25.1 Å². The van der Waals surface area contributed by atoms with Gasteiger partial charge in [-0.3, -0.25) is 4.90 Å². The molecule has 2 aromatic rings. The summed E-state index contributed by atoms with van der Waals surface area (Å²) in [6.45, 7) is 4.67. The molecule has 106 valence electrons. The summed E-state index contributed by atoms with van der Waals surface area (Å²) in [5.41, 5.74) is 2.51. The van der Waals surface area contributed by atoms with Crippen LogP contribution in [-0.2, 0) is 6.54 Å². The predicted octanol–water partition coefficient (Wildman–Crippen LogP) is 1.80. The van der Waals surface area contributed by atoms with Gasteiger partial charge in [0.25, 0.3) is 0 Å². The fraction of sp³-hybridized carbons (Fsp3) is 0.467. The van der Waals surface area contributed by atoms with Crippen LogP contribution in [0, 0.1) is 11.3 Å². The molecule has 0 radical (unpaired) electrons. The van der Waals surface area contributed by atoms with Crippen molar-refractivity contribution in [3.05, 3.63) is 35.8 Å². The Balaban J connectivity index is 2.20. The molecule has 20 heavy (non-hydrogen) atoms. The summed E-state index contributed by atoms with van der Waals surface area (Å²) >= 11 is 0. The third-order valence-corrected chi connectivity index (χ3v) is 3.34. The Morgan fingerprint density at radius 2 is 2.25 bits per heavy atom. The predicted molar refractivity (Wildman–Crippen MR) is 77.2 cm³/mol. The lowest BCUT2D eigenvalue weighted by Gasteiger charge is -2.20. The minimum absolute atomic E-state index is 0.157. The number of aliphatic hydroxyl groups is 1. The van der Waals surface area contributed by atoms with Crippen LogP contribution in [0.25, 0.3) is 5.65 Å². The molecule has 1 N–H and O–H groups in total. The maximum atomic E-state index is 9.15. The maximum absolute atomic E-state index is 9.15. The number of rotatable bonds is 7. The second-order valence-electron chi connectivity index (χ2n) is 4.86. The molecule has 2 aromatic heterocycles. The van der Waals surface area contributed by atoms with Crippen molar-refractivity contribution in [2.24, 2.45) is 0 Å². The average molecular weight is 272 g/mol. The monoisotopic (exact) mass is 272 g/mol. The summed E-state index contributed by atoms with van der Waals surface area (Å²) in [6.07, 6.45) is 5.90. The van der Waals surface area contributed by atoms with Gasteiger partial charge in [0.15, 0.2) is 0 Å². The molecule has 2 heterocycles. The number of nitrogens with zero attached hydrogens (tertiary/aromatic N) is 4. The van der Waals surface area contributed by atoms with Crippen LogP contribution in [0.15, 0.2) is 24.5 Å². The molecule has 0 saturated carbocycles. The van der Waals surface area contributed by atoms with Gasteiger partial charge >= 0.3 is 0 Å². The number of nitriles is 1. The number of fused-ring (bicyclic) bond motifs is 1. The molecule has 0 spiro atoms. The number of aromatic nitrogens is 2. The quantitative estimate of drug-likeness (QED) is 0.834. The van der Waals surface area contributed by atoms with Gasteiger partial charge in [-0.25, -0.2) is 4.98 Å². The first-order valence-corrected chi connectivity index (χ1v) is 6.97. The first kappa shape index (κ1) is 14.5. The summed E-state index contributed by atoms with van der Waals surface area (Å²) in [7, 11) is 0. The summed E-state index contributed by atoms with van der Waals surface area (Å²) in [5, 5.41) is 18.1. The van der Waals surface area contributed by atoms with Crippen molar-refractivity contribution in [3.8, 4) is 6.07 Å². The third-order valence-electron chi connectivity index (χ3n) is 3.34. The van der Waals surface area contributed by atoms with Crippen LogP contribution in [0.1, 0.15) is 31.0 Å². The van der Waals surface area contributed by atoms with Crippen molar-refractivity contribution in [2.75, 3.05) is 19.7 Å². The van der Waals surface area contributed by atoms with Gasteiger partial charge < -0.3 is 9.51 Å². The number of pyridine rings is 1. The molecule has 0 fully saturated rings. The van der Waals surface area contributed by atoms with E-state index in [2.05, 4.69) is 22.9 Å². The van der Waals surface area contributed by atoms with Crippen molar-refractivity contribution in [1.82, 2.24) is 14.3 Å². The van der Waals surface area contributed by atoms with Crippen molar-refractivity contribution in [1.29, 1.82) is 5.26 Å². The lowest BCUT2D eigenvalue weighted by Crippen LogP contribution is -2.28. The second kappa shape index (κ2) is 7.04. The molecule has 5 heteroatoms. The molecule has 0 aromatic carbocycles. The smallest absolute Gasteiger partial charge is 0.137 e. The normalized spacial score (nSPS) is 11.1. The average Bonchev–Trinajstić information content (AvgIpc) is 2.87. The lowest BCUT2D eigenvalue weighted by molar-refractivity contribution is 0.186. The van der Waals surface area contributed by atoms with Crippen LogP contribution in [0.5, 0.6) is 0 Å². The zero-order valence-corrected chi connectivity index (χ0v) is 11.8. The van der Waals surface area contributed by atoms with E-state index in [1.54, 1.807) is 6.07 Å². The zero-order chi connectivity index (χ0) is 14.4. The Hall–Kier alpha value is -1.90. The highest BCUT2D eigenvalue weighted by Gasteiger charge is 2.09. The Morgan fingerprint density at radius 1 is 1.40 bits per heavy atom. The number of hydrogen-bond acceptors (Lipinski definition) is 4. The molecule has 2 rings (SSSR count). The molecule has 0 unspecified atom stereocenters. The molecule has 0 aliphatic heterocycles. The molecule has 5 nitrogen and oxygen atoms in total. The van der Waals surface area contributed by atoms with Gasteiger partial charge in [0.1, 0.15) is 11.7 Å². The van der Waals surface area contributed by atoms with E-state index in [0.29, 0.717) is 12.1 Å². The van der Waals surface area contributed by atoms with Crippen LogP contribution < -0.4 is 0 Å². The van der Waals surface area contributed by atoms with Crippen LogP contribution in [0.3, 0.4) is 0 Å². The van der Waals surface area contributed by atoms with Crippen LogP contribution in [0.4, 0.5) is 0 Å². The standard InChI is InChI=1S/C15H20N4O/c1-2-3-6-18(7-8-20)12-14-10-17-15-5-4-13(9-16)11-19(14)15/h4-5,10-11,20H,2-3,6-8,12H2,1H3. The van der Waals surface area contributed by atoms with E-state index in [-0.39, 0.29) is 6.61 Å². The Bertz CT molecular complexity index is 599. The minimum atomic E-state index is 0.157. The zero-order valence-electron chi connectivity index (χ0n) is 11.8. The third kappa shape index (κ3) is 3.35. The van der Waals surface area contributed by atoms with E-state index in [9.17, 15) is 0 Å². The highest BCUT2D eigenvalue weighted by Crippen LogP contribution is 2.11. The minimum Gasteiger partial charge on any atom is -0.395 e. The van der Waals surface area contributed by atoms with Gasteiger partial charge in [-0.2, -0.15) is 5.26 Å². The Labute approximate surface area is 119 Å². The topological polar surface area (TPSA) is 64.6 Å². The molecule has 0 atom stereocenters. The van der Waals surface area contributed by atoms with Gasteiger partial charge in [0.2, 0.25) is 0 Å². The molecule has 0 aliphatic carbocycles. The highest BCUT2D eigenvalue weighted by atomic mass is 16.3. The van der Waals surface area contributed by atoms with E-state index < -0.39 is 0 Å². The SMILES string of the molecule is CCCCN(CCO)Cc1cnc2ccc(C#N)cn12. The first-order chi connectivity index (χ1) is 9.78. The number of unbranched alkanes of at least 4 members (excludes halogenated alkanes) is 1. The van der Waals surface area contributed by atoms with Crippen LogP contribution >= 0.6 is 0 Å². The van der Waals surface area contributed by atoms with Gasteiger partial charge in [-0.15, -0.1) is 0 Å². The van der Waals surface area contributed by atoms with E-state index in [1.807, 2.05) is 22.9 Å². The molecule has 0 bridgehead atoms. The largest absolute Gasteiger partial charge is 0.395 e. The van der Waals surface area contributed by atoms with E-state index in [4.69, 9.17) is 10.4 Å². The Morgan fingerprint density at radius 3 is 2.95 bits per heavy atom. The molecule has 0 amide bonds. The van der Waals surface area contributed by atoms with E-state index in [0.717, 1.165) is 37.3 Å². The van der Waals surface area contributed by atoms with Crippen molar-refractivity contribution in [3.63, 3.8) is 0 Å². The summed E-state index contributed by atoms with van der Waals surface area (Å²) in [6, 6.07) is 5.77. The van der Waals surface area contributed by atoms with E-state index in [1.165, 1.54) is 0 Å². The van der Waals surface area contributed by atoms with E-state index >= 15 is 0 Å². The van der Waals surface area contributed by atoms with Crippen LogP contribution in [0.2, 0.25) is 0 Å². The van der Waals surface area contributed by atoms with Crippen molar-refractivity contribution >= 4 is 5.65 Å². The second-order valence-corrected chi connectivity index (χ2v) is 4.86. The molecule has 0 aliphatic rings. The number of aliphatic hydroxyl groups excluding tert-OH is 1. The first-order valence-electron chi connectivity index (χ1n) is 6.97. The van der Waals surface area contributed by atoms with Gasteiger partial charge in [0.05, 0.1) is 24.1 Å². The fourth-order valence-electron chi connectivity index (χ4n) is 2.24. The summed E-state index contributed by atoms with van der Waals surface area (Å²) in [5.74, 6) is 0. The summed E-state index contributed by atoms with van der Waals surface area (Å²) in [4.78, 5) is 6.57.